The molecule has 1 unspecified atom stereocenters. The molecular formula is C10H23NO2. The van der Waals surface area contributed by atoms with E-state index >= 15 is 0 Å². The first-order valence-corrected chi connectivity index (χ1v) is 5.13. The number of methoxy groups -OCH3 is 1. The van der Waals surface area contributed by atoms with E-state index in [1.807, 2.05) is 0 Å². The second-order valence-electron chi connectivity index (χ2n) is 3.27. The molecule has 0 aliphatic rings. The Bertz CT molecular complexity index is 98.9. The molecule has 3 nitrogen and oxygen atoms in total. The fourth-order valence-electron chi connectivity index (χ4n) is 1.06. The van der Waals surface area contributed by atoms with Crippen molar-refractivity contribution < 1.29 is 9.47 Å². The van der Waals surface area contributed by atoms with Crippen LogP contribution in [0.25, 0.3) is 0 Å². The molecule has 0 aromatic rings. The number of rotatable bonds is 9. The molecule has 0 saturated heterocycles. The summed E-state index contributed by atoms with van der Waals surface area (Å²) in [6.45, 7) is 4.53. The summed E-state index contributed by atoms with van der Waals surface area (Å²) in [6.07, 6.45) is 4.18. The van der Waals surface area contributed by atoms with Gasteiger partial charge in [-0.05, 0) is 25.7 Å². The summed E-state index contributed by atoms with van der Waals surface area (Å²) in [5, 5.41) is 0. The maximum absolute atomic E-state index is 5.76. The largest absolute Gasteiger partial charge is 0.385 e. The lowest BCUT2D eigenvalue weighted by Gasteiger charge is -2.08. The molecule has 13 heavy (non-hydrogen) atoms. The summed E-state index contributed by atoms with van der Waals surface area (Å²) in [5.41, 5.74) is 5.76. The Kier molecular flexibility index (Phi) is 9.87. The second-order valence-corrected chi connectivity index (χ2v) is 3.27. The number of nitrogens with two attached hydrogens (primary N) is 1. The standard InChI is InChI=1S/C10H23NO2/c1-3-10(11)6-4-8-13-9-5-7-12-2/h10H,3-9,11H2,1-2H3. The van der Waals surface area contributed by atoms with Gasteiger partial charge in [0.25, 0.3) is 0 Å². The lowest BCUT2D eigenvalue weighted by Crippen LogP contribution is -2.18. The van der Waals surface area contributed by atoms with Crippen LogP contribution in [0.5, 0.6) is 0 Å². The number of hydrogen-bond donors (Lipinski definition) is 1. The van der Waals surface area contributed by atoms with Crippen LogP contribution in [0.15, 0.2) is 0 Å². The van der Waals surface area contributed by atoms with Gasteiger partial charge in [-0.1, -0.05) is 6.92 Å². The maximum atomic E-state index is 5.76. The third-order valence-corrected chi connectivity index (χ3v) is 2.03. The molecule has 2 N–H and O–H groups in total. The third kappa shape index (κ3) is 9.80. The van der Waals surface area contributed by atoms with E-state index in [1.54, 1.807) is 7.11 Å². The highest BCUT2D eigenvalue weighted by atomic mass is 16.5. The summed E-state index contributed by atoms with van der Waals surface area (Å²) in [5.74, 6) is 0. The van der Waals surface area contributed by atoms with Crippen LogP contribution >= 0.6 is 0 Å². The second kappa shape index (κ2) is 9.96. The molecule has 0 fully saturated rings. The Morgan fingerprint density at radius 3 is 2.46 bits per heavy atom. The highest BCUT2D eigenvalue weighted by molar-refractivity contribution is 4.57. The summed E-state index contributed by atoms with van der Waals surface area (Å²) in [6, 6.07) is 0.350. The molecular weight excluding hydrogens is 166 g/mol. The minimum atomic E-state index is 0.350. The van der Waals surface area contributed by atoms with Gasteiger partial charge in [0, 0.05) is 33.0 Å². The zero-order chi connectivity index (χ0) is 9.94. The van der Waals surface area contributed by atoms with E-state index in [2.05, 4.69) is 6.92 Å². The Morgan fingerprint density at radius 2 is 1.85 bits per heavy atom. The molecule has 80 valence electrons. The van der Waals surface area contributed by atoms with Crippen molar-refractivity contribution in [3.05, 3.63) is 0 Å². The highest BCUT2D eigenvalue weighted by Gasteiger charge is 1.97. The van der Waals surface area contributed by atoms with Crippen molar-refractivity contribution in [2.45, 2.75) is 38.6 Å². The summed E-state index contributed by atoms with van der Waals surface area (Å²) >= 11 is 0. The molecule has 0 radical (unpaired) electrons. The molecule has 0 spiro atoms. The van der Waals surface area contributed by atoms with Crippen LogP contribution in [-0.2, 0) is 9.47 Å². The molecule has 0 heterocycles. The fourth-order valence-corrected chi connectivity index (χ4v) is 1.06. The molecule has 0 aromatic carbocycles. The average Bonchev–Trinajstić information content (AvgIpc) is 2.16. The smallest absolute Gasteiger partial charge is 0.0487 e. The van der Waals surface area contributed by atoms with E-state index in [4.69, 9.17) is 15.2 Å². The molecule has 0 bridgehead atoms. The summed E-state index contributed by atoms with van der Waals surface area (Å²) in [7, 11) is 1.71. The van der Waals surface area contributed by atoms with Crippen LogP contribution in [0, 0.1) is 0 Å². The molecule has 0 saturated carbocycles. The van der Waals surface area contributed by atoms with Crippen molar-refractivity contribution >= 4 is 0 Å². The first-order chi connectivity index (χ1) is 6.31. The van der Waals surface area contributed by atoms with E-state index in [0.717, 1.165) is 45.5 Å². The maximum Gasteiger partial charge on any atom is 0.0487 e. The lowest BCUT2D eigenvalue weighted by molar-refractivity contribution is 0.0995. The van der Waals surface area contributed by atoms with Crippen molar-refractivity contribution in [3.63, 3.8) is 0 Å². The molecule has 3 heteroatoms. The minimum Gasteiger partial charge on any atom is -0.385 e. The van der Waals surface area contributed by atoms with Crippen molar-refractivity contribution in [1.29, 1.82) is 0 Å². The zero-order valence-electron chi connectivity index (χ0n) is 8.92. The average molecular weight is 189 g/mol. The van der Waals surface area contributed by atoms with Gasteiger partial charge in [0.15, 0.2) is 0 Å². The molecule has 0 aliphatic carbocycles. The molecule has 1 atom stereocenters. The van der Waals surface area contributed by atoms with Crippen LogP contribution in [0.3, 0.4) is 0 Å². The van der Waals surface area contributed by atoms with Gasteiger partial charge in [-0.2, -0.15) is 0 Å². The van der Waals surface area contributed by atoms with E-state index < -0.39 is 0 Å². The summed E-state index contributed by atoms with van der Waals surface area (Å²) in [4.78, 5) is 0. The van der Waals surface area contributed by atoms with Gasteiger partial charge in [0.2, 0.25) is 0 Å². The normalized spacial score (nSPS) is 13.2. The van der Waals surface area contributed by atoms with E-state index in [0.29, 0.717) is 6.04 Å². The predicted octanol–water partition coefficient (Wildman–Crippen LogP) is 1.56. The SMILES string of the molecule is CCC(N)CCCOCCCOC. The van der Waals surface area contributed by atoms with Gasteiger partial charge in [-0.25, -0.2) is 0 Å². The van der Waals surface area contributed by atoms with Gasteiger partial charge in [-0.3, -0.25) is 0 Å². The number of hydrogen-bond acceptors (Lipinski definition) is 3. The lowest BCUT2D eigenvalue weighted by atomic mass is 10.1. The Morgan fingerprint density at radius 1 is 1.15 bits per heavy atom. The third-order valence-electron chi connectivity index (χ3n) is 2.03. The van der Waals surface area contributed by atoms with Crippen LogP contribution in [0.4, 0.5) is 0 Å². The Hall–Kier alpha value is -0.120. The van der Waals surface area contributed by atoms with E-state index in [-0.39, 0.29) is 0 Å². The number of ether oxygens (including phenoxy) is 2. The quantitative estimate of drug-likeness (QED) is 0.560. The van der Waals surface area contributed by atoms with Crippen LogP contribution in [-0.4, -0.2) is 33.0 Å². The molecule has 0 aliphatic heterocycles. The van der Waals surface area contributed by atoms with E-state index in [1.165, 1.54) is 0 Å². The van der Waals surface area contributed by atoms with Gasteiger partial charge >= 0.3 is 0 Å². The van der Waals surface area contributed by atoms with Crippen molar-refractivity contribution in [1.82, 2.24) is 0 Å². The van der Waals surface area contributed by atoms with Crippen molar-refractivity contribution in [3.8, 4) is 0 Å². The Labute approximate surface area is 81.6 Å². The van der Waals surface area contributed by atoms with Gasteiger partial charge in [-0.15, -0.1) is 0 Å². The van der Waals surface area contributed by atoms with Crippen molar-refractivity contribution in [2.75, 3.05) is 26.9 Å². The van der Waals surface area contributed by atoms with Crippen LogP contribution in [0.2, 0.25) is 0 Å². The van der Waals surface area contributed by atoms with E-state index in [9.17, 15) is 0 Å². The minimum absolute atomic E-state index is 0.350. The Balaban J connectivity index is 2.91. The highest BCUT2D eigenvalue weighted by Crippen LogP contribution is 1.98. The fraction of sp³-hybridized carbons (Fsp3) is 1.00. The van der Waals surface area contributed by atoms with Gasteiger partial charge in [0.05, 0.1) is 0 Å². The molecule has 0 rings (SSSR count). The monoisotopic (exact) mass is 189 g/mol. The first kappa shape index (κ1) is 12.9. The summed E-state index contributed by atoms with van der Waals surface area (Å²) < 4.78 is 10.3. The first-order valence-electron chi connectivity index (χ1n) is 5.13. The zero-order valence-corrected chi connectivity index (χ0v) is 8.92. The van der Waals surface area contributed by atoms with Crippen LogP contribution in [0.1, 0.15) is 32.6 Å². The topological polar surface area (TPSA) is 44.5 Å². The van der Waals surface area contributed by atoms with Crippen LogP contribution < -0.4 is 5.73 Å². The van der Waals surface area contributed by atoms with Gasteiger partial charge in [0.1, 0.15) is 0 Å². The molecule has 0 aromatic heterocycles. The van der Waals surface area contributed by atoms with Crippen molar-refractivity contribution in [2.24, 2.45) is 5.73 Å². The molecule has 0 amide bonds. The van der Waals surface area contributed by atoms with Gasteiger partial charge < -0.3 is 15.2 Å². The predicted molar refractivity (Wildman–Crippen MR) is 54.8 cm³/mol.